The number of pyridine rings is 1. The number of hydrogen-bond donors (Lipinski definition) is 2. The second kappa shape index (κ2) is 7.90. The molecule has 0 radical (unpaired) electrons. The highest BCUT2D eigenvalue weighted by Gasteiger charge is 2.23. The standard InChI is InChI=1S/C19H22N6O4/c1-2-10-25-17(26)13-15(23-14(22-13)11-6-3-4-7-11)24-19(25)28-12-8-5-9-21-16(12)29-18(20)27/h5,8-9,11H,2-4,6-7,10H2,1H3,(H2,20,27)(H,22,23). The van der Waals surface area contributed by atoms with Gasteiger partial charge in [-0.05, 0) is 31.4 Å². The molecule has 1 saturated carbocycles. The topological polar surface area (TPSA) is 138 Å². The molecule has 152 valence electrons. The van der Waals surface area contributed by atoms with E-state index in [1.54, 1.807) is 12.1 Å². The van der Waals surface area contributed by atoms with E-state index in [0.717, 1.165) is 31.5 Å². The van der Waals surface area contributed by atoms with Crippen molar-refractivity contribution in [3.8, 4) is 17.6 Å². The predicted molar refractivity (Wildman–Crippen MR) is 104 cm³/mol. The molecule has 0 spiro atoms. The summed E-state index contributed by atoms with van der Waals surface area (Å²) < 4.78 is 12.1. The van der Waals surface area contributed by atoms with Crippen LogP contribution in [0.2, 0.25) is 0 Å². The SMILES string of the molecule is CCCn1c(Oc2cccnc2OC(N)=O)nc2nc(C3CCCC3)[nH]c2c1=O. The molecule has 0 bridgehead atoms. The van der Waals surface area contributed by atoms with Gasteiger partial charge in [-0.2, -0.15) is 4.98 Å². The third-order valence-electron chi connectivity index (χ3n) is 4.92. The van der Waals surface area contributed by atoms with E-state index in [4.69, 9.17) is 15.2 Å². The highest BCUT2D eigenvalue weighted by molar-refractivity contribution is 5.70. The molecule has 3 N–H and O–H groups in total. The lowest BCUT2D eigenvalue weighted by atomic mass is 10.1. The molecule has 1 aliphatic carbocycles. The van der Waals surface area contributed by atoms with E-state index in [1.807, 2.05) is 6.92 Å². The monoisotopic (exact) mass is 398 g/mol. The van der Waals surface area contributed by atoms with E-state index in [0.29, 0.717) is 30.0 Å². The summed E-state index contributed by atoms with van der Waals surface area (Å²) in [7, 11) is 0. The molecule has 3 heterocycles. The highest BCUT2D eigenvalue weighted by atomic mass is 16.6. The minimum absolute atomic E-state index is 0.0520. The summed E-state index contributed by atoms with van der Waals surface area (Å²) in [4.78, 5) is 40.3. The molecule has 3 aromatic rings. The Morgan fingerprint density at radius 3 is 2.86 bits per heavy atom. The largest absolute Gasteiger partial charge is 0.420 e. The molecule has 1 aliphatic rings. The van der Waals surface area contributed by atoms with Gasteiger partial charge in [0.05, 0.1) is 0 Å². The number of H-pyrrole nitrogens is 1. The Kier molecular flexibility index (Phi) is 5.15. The zero-order valence-electron chi connectivity index (χ0n) is 16.1. The Bertz CT molecular complexity index is 1100. The van der Waals surface area contributed by atoms with Crippen molar-refractivity contribution < 1.29 is 14.3 Å². The number of fused-ring (bicyclic) bond motifs is 1. The van der Waals surface area contributed by atoms with Gasteiger partial charge in [0, 0.05) is 18.7 Å². The molecular weight excluding hydrogens is 376 g/mol. The first-order chi connectivity index (χ1) is 14.1. The van der Waals surface area contributed by atoms with Crippen LogP contribution in [0, 0.1) is 0 Å². The molecule has 0 unspecified atom stereocenters. The first kappa shape index (κ1) is 18.9. The average Bonchev–Trinajstić information content (AvgIpc) is 3.35. The van der Waals surface area contributed by atoms with Crippen LogP contribution >= 0.6 is 0 Å². The Labute approximate surface area is 166 Å². The maximum atomic E-state index is 13.1. The fourth-order valence-electron chi connectivity index (χ4n) is 3.60. The summed E-state index contributed by atoms with van der Waals surface area (Å²) >= 11 is 0. The molecule has 10 heteroatoms. The third kappa shape index (κ3) is 3.78. The van der Waals surface area contributed by atoms with E-state index >= 15 is 0 Å². The number of carbonyl (C=O) groups is 1. The lowest BCUT2D eigenvalue weighted by Crippen LogP contribution is -2.23. The summed E-state index contributed by atoms with van der Waals surface area (Å²) in [5.74, 6) is 1.13. The first-order valence-corrected chi connectivity index (χ1v) is 9.67. The van der Waals surface area contributed by atoms with Crippen LogP contribution < -0.4 is 20.8 Å². The Morgan fingerprint density at radius 1 is 1.34 bits per heavy atom. The van der Waals surface area contributed by atoms with Gasteiger partial charge >= 0.3 is 12.1 Å². The van der Waals surface area contributed by atoms with Gasteiger partial charge in [0.2, 0.25) is 0 Å². The molecule has 0 aliphatic heterocycles. The fourth-order valence-corrected chi connectivity index (χ4v) is 3.60. The number of amides is 1. The number of hydrogen-bond acceptors (Lipinski definition) is 7. The van der Waals surface area contributed by atoms with Crippen LogP contribution in [0.4, 0.5) is 4.79 Å². The fraction of sp³-hybridized carbons (Fsp3) is 0.421. The van der Waals surface area contributed by atoms with Crippen molar-refractivity contribution in [2.75, 3.05) is 0 Å². The summed E-state index contributed by atoms with van der Waals surface area (Å²) in [6, 6.07) is 3.21. The van der Waals surface area contributed by atoms with Gasteiger partial charge in [0.1, 0.15) is 5.82 Å². The molecule has 4 rings (SSSR count). The number of nitrogens with one attached hydrogen (secondary N) is 1. The lowest BCUT2D eigenvalue weighted by molar-refractivity contribution is 0.206. The number of ether oxygens (including phenoxy) is 2. The Morgan fingerprint density at radius 2 is 2.14 bits per heavy atom. The molecular formula is C19H22N6O4. The number of rotatable bonds is 6. The molecule has 0 aromatic carbocycles. The predicted octanol–water partition coefficient (Wildman–Crippen LogP) is 2.83. The minimum atomic E-state index is -1.02. The van der Waals surface area contributed by atoms with E-state index in [2.05, 4.69) is 19.9 Å². The van der Waals surface area contributed by atoms with Crippen LogP contribution in [0.3, 0.4) is 0 Å². The van der Waals surface area contributed by atoms with Crippen molar-refractivity contribution >= 4 is 17.3 Å². The van der Waals surface area contributed by atoms with Gasteiger partial charge < -0.3 is 20.2 Å². The number of primary amides is 1. The molecule has 1 fully saturated rings. The van der Waals surface area contributed by atoms with Gasteiger partial charge in [0.25, 0.3) is 11.4 Å². The van der Waals surface area contributed by atoms with Gasteiger partial charge in [-0.1, -0.05) is 19.8 Å². The van der Waals surface area contributed by atoms with Crippen LogP contribution in [0.25, 0.3) is 11.2 Å². The van der Waals surface area contributed by atoms with E-state index < -0.39 is 6.09 Å². The van der Waals surface area contributed by atoms with Crippen molar-refractivity contribution in [3.63, 3.8) is 0 Å². The zero-order valence-corrected chi connectivity index (χ0v) is 16.1. The van der Waals surface area contributed by atoms with Gasteiger partial charge in [-0.15, -0.1) is 0 Å². The number of nitrogens with two attached hydrogens (primary N) is 1. The number of nitrogens with zero attached hydrogens (tertiary/aromatic N) is 4. The van der Waals surface area contributed by atoms with Crippen LogP contribution in [-0.2, 0) is 6.54 Å². The maximum absolute atomic E-state index is 13.1. The van der Waals surface area contributed by atoms with Crippen molar-refractivity contribution in [1.82, 2.24) is 24.5 Å². The van der Waals surface area contributed by atoms with Gasteiger partial charge in [-0.3, -0.25) is 9.36 Å². The normalized spacial score (nSPS) is 14.4. The molecule has 3 aromatic heterocycles. The molecule has 0 atom stereocenters. The van der Waals surface area contributed by atoms with Crippen molar-refractivity contribution in [2.45, 2.75) is 51.5 Å². The van der Waals surface area contributed by atoms with Crippen LogP contribution in [0.1, 0.15) is 50.8 Å². The molecule has 29 heavy (non-hydrogen) atoms. The van der Waals surface area contributed by atoms with Crippen LogP contribution in [-0.4, -0.2) is 30.6 Å². The number of aromatic amines is 1. The smallest absolute Gasteiger partial charge is 0.411 e. The molecule has 0 saturated heterocycles. The average molecular weight is 398 g/mol. The summed E-state index contributed by atoms with van der Waals surface area (Å²) in [6.45, 7) is 2.35. The zero-order chi connectivity index (χ0) is 20.4. The summed E-state index contributed by atoms with van der Waals surface area (Å²) in [5, 5.41) is 0. The van der Waals surface area contributed by atoms with E-state index in [9.17, 15) is 9.59 Å². The summed E-state index contributed by atoms with van der Waals surface area (Å²) in [6.07, 6.45) is 5.54. The number of carbonyl (C=O) groups excluding carboxylic acids is 1. The van der Waals surface area contributed by atoms with E-state index in [1.165, 1.54) is 10.8 Å². The maximum Gasteiger partial charge on any atom is 0.411 e. The minimum Gasteiger partial charge on any atom is -0.420 e. The highest BCUT2D eigenvalue weighted by Crippen LogP contribution is 2.33. The first-order valence-electron chi connectivity index (χ1n) is 9.67. The quantitative estimate of drug-likeness (QED) is 0.651. The van der Waals surface area contributed by atoms with Crippen LogP contribution in [0.5, 0.6) is 17.6 Å². The van der Waals surface area contributed by atoms with E-state index in [-0.39, 0.29) is 23.2 Å². The number of aromatic nitrogens is 5. The second-order valence-corrected chi connectivity index (χ2v) is 6.98. The van der Waals surface area contributed by atoms with Crippen LogP contribution in [0.15, 0.2) is 23.1 Å². The molecule has 10 nitrogen and oxygen atoms in total. The Balaban J connectivity index is 1.78. The Hall–Kier alpha value is -3.43. The summed E-state index contributed by atoms with van der Waals surface area (Å²) in [5.41, 5.74) is 5.50. The van der Waals surface area contributed by atoms with Gasteiger partial charge in [-0.25, -0.2) is 14.8 Å². The van der Waals surface area contributed by atoms with Crippen molar-refractivity contribution in [1.29, 1.82) is 0 Å². The van der Waals surface area contributed by atoms with Crippen molar-refractivity contribution in [2.24, 2.45) is 5.73 Å². The lowest BCUT2D eigenvalue weighted by Gasteiger charge is -2.12. The molecule has 1 amide bonds. The third-order valence-corrected chi connectivity index (χ3v) is 4.92. The van der Waals surface area contributed by atoms with Gasteiger partial charge in [0.15, 0.2) is 16.9 Å². The number of imidazole rings is 1. The second-order valence-electron chi connectivity index (χ2n) is 6.98. The van der Waals surface area contributed by atoms with Crippen molar-refractivity contribution in [3.05, 3.63) is 34.5 Å².